The molecule has 1 amide bonds. The molecule has 0 radical (unpaired) electrons. The van der Waals surface area contributed by atoms with E-state index in [0.29, 0.717) is 5.92 Å². The first-order valence-electron chi connectivity index (χ1n) is 5.93. The van der Waals surface area contributed by atoms with Crippen LogP contribution in [-0.4, -0.2) is 28.9 Å². The quantitative estimate of drug-likeness (QED) is 0.728. The number of nitrogens with zero attached hydrogens (tertiary/aromatic N) is 2. The van der Waals surface area contributed by atoms with Gasteiger partial charge in [-0.1, -0.05) is 19.9 Å². The maximum absolute atomic E-state index is 11.1. The summed E-state index contributed by atoms with van der Waals surface area (Å²) in [7, 11) is 0. The lowest BCUT2D eigenvalue weighted by Gasteiger charge is -2.13. The van der Waals surface area contributed by atoms with E-state index in [2.05, 4.69) is 11.1 Å². The third-order valence-electron chi connectivity index (χ3n) is 2.79. The van der Waals surface area contributed by atoms with Gasteiger partial charge in [-0.2, -0.15) is 0 Å². The Morgan fingerprint density at radius 3 is 2.75 bits per heavy atom. The number of carbonyl (C=O) groups is 1. The number of pyridine rings is 1. The Hall–Kier alpha value is -1.38. The van der Waals surface area contributed by atoms with Gasteiger partial charge in [-0.05, 0) is 18.1 Å². The van der Waals surface area contributed by atoms with Gasteiger partial charge in [0.1, 0.15) is 0 Å². The summed E-state index contributed by atoms with van der Waals surface area (Å²) < 4.78 is 0. The number of carbonyl (C=O) groups excluding carboxylic acids is 1. The van der Waals surface area contributed by atoms with E-state index < -0.39 is 0 Å². The minimum atomic E-state index is 0.177. The second kappa shape index (κ2) is 6.26. The van der Waals surface area contributed by atoms with E-state index in [1.165, 1.54) is 5.56 Å². The molecule has 3 nitrogen and oxygen atoms in total. The van der Waals surface area contributed by atoms with Crippen molar-refractivity contribution < 1.29 is 4.79 Å². The third-order valence-corrected chi connectivity index (χ3v) is 2.79. The van der Waals surface area contributed by atoms with Crippen molar-refractivity contribution in [3.63, 3.8) is 0 Å². The molecular weight excluding hydrogens is 200 g/mol. The predicted octanol–water partition coefficient (Wildman–Crippen LogP) is 2.44. The molecule has 0 aromatic carbocycles. The third kappa shape index (κ3) is 3.05. The zero-order chi connectivity index (χ0) is 12.0. The van der Waals surface area contributed by atoms with Gasteiger partial charge in [0.05, 0.1) is 0 Å². The van der Waals surface area contributed by atoms with Gasteiger partial charge in [-0.15, -0.1) is 0 Å². The fourth-order valence-electron chi connectivity index (χ4n) is 1.94. The van der Waals surface area contributed by atoms with E-state index in [1.54, 1.807) is 13.1 Å². The average Bonchev–Trinajstić information content (AvgIpc) is 2.82. The van der Waals surface area contributed by atoms with Gasteiger partial charge in [-0.3, -0.25) is 9.78 Å². The molecule has 0 saturated carbocycles. The zero-order valence-electron chi connectivity index (χ0n) is 10.3. The largest absolute Gasteiger partial charge is 0.342 e. The number of likely N-dealkylation sites (tertiary alicyclic amines) is 1. The Morgan fingerprint density at radius 2 is 2.25 bits per heavy atom. The van der Waals surface area contributed by atoms with Gasteiger partial charge < -0.3 is 4.90 Å². The molecule has 1 atom stereocenters. The number of amides is 1. The molecule has 2 heterocycles. The Bertz CT molecular complexity index is 324. The van der Waals surface area contributed by atoms with Crippen LogP contribution >= 0.6 is 0 Å². The van der Waals surface area contributed by atoms with Crippen molar-refractivity contribution in [2.75, 3.05) is 13.1 Å². The van der Waals surface area contributed by atoms with Gasteiger partial charge in [0.15, 0.2) is 0 Å². The summed E-state index contributed by atoms with van der Waals surface area (Å²) in [5.41, 5.74) is 1.25. The van der Waals surface area contributed by atoms with E-state index in [9.17, 15) is 4.79 Å². The lowest BCUT2D eigenvalue weighted by Crippen LogP contribution is -2.25. The number of hydrogen-bond acceptors (Lipinski definition) is 2. The van der Waals surface area contributed by atoms with Crippen molar-refractivity contribution >= 4 is 5.91 Å². The maximum atomic E-state index is 11.1. The summed E-state index contributed by atoms with van der Waals surface area (Å²) >= 11 is 0. The lowest BCUT2D eigenvalue weighted by molar-refractivity contribution is -0.127. The van der Waals surface area contributed by atoms with Crippen LogP contribution in [0.15, 0.2) is 24.5 Å². The van der Waals surface area contributed by atoms with Crippen LogP contribution in [0, 0.1) is 0 Å². The van der Waals surface area contributed by atoms with Crippen LogP contribution in [-0.2, 0) is 4.79 Å². The summed E-state index contributed by atoms with van der Waals surface area (Å²) in [6.07, 6.45) is 4.74. The van der Waals surface area contributed by atoms with E-state index in [-0.39, 0.29) is 5.91 Å². The first kappa shape index (κ1) is 12.7. The van der Waals surface area contributed by atoms with Crippen molar-refractivity contribution in [2.45, 2.75) is 33.1 Å². The molecule has 1 saturated heterocycles. The fourth-order valence-corrected chi connectivity index (χ4v) is 1.94. The predicted molar refractivity (Wildman–Crippen MR) is 65.2 cm³/mol. The monoisotopic (exact) mass is 220 g/mol. The van der Waals surface area contributed by atoms with E-state index in [1.807, 2.05) is 31.0 Å². The van der Waals surface area contributed by atoms with Gasteiger partial charge >= 0.3 is 0 Å². The van der Waals surface area contributed by atoms with Crippen LogP contribution in [0.2, 0.25) is 0 Å². The van der Waals surface area contributed by atoms with Crippen molar-refractivity contribution in [1.82, 2.24) is 9.88 Å². The molecule has 1 aliphatic rings. The van der Waals surface area contributed by atoms with Gasteiger partial charge in [0.25, 0.3) is 0 Å². The van der Waals surface area contributed by atoms with Crippen molar-refractivity contribution in [1.29, 1.82) is 0 Å². The van der Waals surface area contributed by atoms with Crippen LogP contribution in [0.25, 0.3) is 0 Å². The highest BCUT2D eigenvalue weighted by molar-refractivity contribution is 5.73. The second-order valence-corrected chi connectivity index (χ2v) is 3.74. The highest BCUT2D eigenvalue weighted by Crippen LogP contribution is 2.26. The first-order valence-corrected chi connectivity index (χ1v) is 5.93. The van der Waals surface area contributed by atoms with Crippen LogP contribution in [0.5, 0.6) is 0 Å². The Kier molecular flexibility index (Phi) is 4.96. The molecular formula is C13H20N2O. The number of aromatic nitrogens is 1. The molecule has 1 aromatic heterocycles. The van der Waals surface area contributed by atoms with Gasteiger partial charge in [-0.25, -0.2) is 0 Å². The molecule has 1 unspecified atom stereocenters. The molecule has 0 N–H and O–H groups in total. The molecule has 3 heteroatoms. The number of hydrogen-bond donors (Lipinski definition) is 0. The smallest absolute Gasteiger partial charge is 0.219 e. The summed E-state index contributed by atoms with van der Waals surface area (Å²) in [6.45, 7) is 7.36. The molecule has 0 spiro atoms. The highest BCUT2D eigenvalue weighted by Gasteiger charge is 2.25. The normalized spacial score (nSPS) is 18.9. The van der Waals surface area contributed by atoms with E-state index in [4.69, 9.17) is 0 Å². The van der Waals surface area contributed by atoms with Crippen molar-refractivity contribution in [2.24, 2.45) is 0 Å². The van der Waals surface area contributed by atoms with Crippen molar-refractivity contribution in [3.05, 3.63) is 30.1 Å². The molecule has 2 rings (SSSR count). The average molecular weight is 220 g/mol. The maximum Gasteiger partial charge on any atom is 0.219 e. The summed E-state index contributed by atoms with van der Waals surface area (Å²) in [4.78, 5) is 17.1. The second-order valence-electron chi connectivity index (χ2n) is 3.74. The minimum absolute atomic E-state index is 0.177. The Labute approximate surface area is 97.5 Å². The molecule has 0 aliphatic carbocycles. The summed E-state index contributed by atoms with van der Waals surface area (Å²) in [5.74, 6) is 0.656. The SMILES string of the molecule is CC.CC(=O)N1CCC(c2cccnc2)C1. The first-order chi connectivity index (χ1) is 7.77. The summed E-state index contributed by atoms with van der Waals surface area (Å²) in [5, 5.41) is 0. The van der Waals surface area contributed by atoms with Crippen LogP contribution in [0.4, 0.5) is 0 Å². The van der Waals surface area contributed by atoms with Gasteiger partial charge in [0, 0.05) is 38.3 Å². The van der Waals surface area contributed by atoms with Gasteiger partial charge in [0.2, 0.25) is 5.91 Å². The lowest BCUT2D eigenvalue weighted by atomic mass is 10.0. The van der Waals surface area contributed by atoms with E-state index >= 15 is 0 Å². The zero-order valence-corrected chi connectivity index (χ0v) is 10.3. The highest BCUT2D eigenvalue weighted by atomic mass is 16.2. The van der Waals surface area contributed by atoms with Crippen molar-refractivity contribution in [3.8, 4) is 0 Å². The topological polar surface area (TPSA) is 33.2 Å². The standard InChI is InChI=1S/C11H14N2O.C2H6/c1-9(14)13-6-4-11(8-13)10-3-2-5-12-7-10;1-2/h2-3,5,7,11H,4,6,8H2,1H3;1-2H3. The Morgan fingerprint density at radius 1 is 1.50 bits per heavy atom. The van der Waals surface area contributed by atoms with E-state index in [0.717, 1.165) is 19.5 Å². The van der Waals surface area contributed by atoms with Crippen LogP contribution in [0.3, 0.4) is 0 Å². The van der Waals surface area contributed by atoms with Crippen LogP contribution in [0.1, 0.15) is 38.7 Å². The molecule has 1 fully saturated rings. The molecule has 1 aromatic rings. The minimum Gasteiger partial charge on any atom is -0.342 e. The molecule has 16 heavy (non-hydrogen) atoms. The molecule has 88 valence electrons. The Balaban J connectivity index is 0.000000606. The number of rotatable bonds is 1. The molecule has 1 aliphatic heterocycles. The summed E-state index contributed by atoms with van der Waals surface area (Å²) in [6, 6.07) is 4.03. The van der Waals surface area contributed by atoms with Crippen LogP contribution < -0.4 is 0 Å². The molecule has 0 bridgehead atoms. The fraction of sp³-hybridized carbons (Fsp3) is 0.538.